The van der Waals surface area contributed by atoms with Gasteiger partial charge in [0.1, 0.15) is 24.7 Å². The molecule has 1 aliphatic carbocycles. The van der Waals surface area contributed by atoms with Crippen molar-refractivity contribution < 1.29 is 38.7 Å². The summed E-state index contributed by atoms with van der Waals surface area (Å²) in [5.41, 5.74) is 0. The van der Waals surface area contributed by atoms with Crippen molar-refractivity contribution in [1.82, 2.24) is 46.8 Å². The van der Waals surface area contributed by atoms with E-state index in [0.29, 0.717) is 44.5 Å². The normalized spacial score (nSPS) is 20.3. The van der Waals surface area contributed by atoms with E-state index >= 15 is 0 Å². The molecule has 6 N–H and O–H groups in total. The summed E-state index contributed by atoms with van der Waals surface area (Å²) in [6.45, 7) is 8.51. The molecule has 49 heavy (non-hydrogen) atoms. The number of likely N-dealkylation sites (tertiary alicyclic amines) is 1. The highest BCUT2D eigenvalue weighted by molar-refractivity contribution is 6.38. The fourth-order valence-corrected chi connectivity index (χ4v) is 6.66. The third-order valence-corrected chi connectivity index (χ3v) is 9.22. The van der Waals surface area contributed by atoms with E-state index in [2.05, 4.69) is 36.6 Å². The first kappa shape index (κ1) is 39.0. The summed E-state index contributed by atoms with van der Waals surface area (Å²) >= 11 is 0. The van der Waals surface area contributed by atoms with Crippen LogP contribution >= 0.6 is 0 Å². The van der Waals surface area contributed by atoms with Gasteiger partial charge in [-0.2, -0.15) is 5.21 Å². The molecule has 0 bridgehead atoms. The van der Waals surface area contributed by atoms with Crippen LogP contribution in [0.15, 0.2) is 0 Å². The van der Waals surface area contributed by atoms with Crippen LogP contribution in [0.3, 0.4) is 0 Å². The summed E-state index contributed by atoms with van der Waals surface area (Å²) < 4.78 is 0. The second-order valence-electron chi connectivity index (χ2n) is 13.6. The molecular weight excluding hydrogens is 638 g/mol. The Morgan fingerprint density at radius 3 is 2.29 bits per heavy atom. The Labute approximate surface area is 285 Å². The van der Waals surface area contributed by atoms with Crippen molar-refractivity contribution in [3.63, 3.8) is 0 Å². The predicted molar refractivity (Wildman–Crippen MR) is 174 cm³/mol. The molecule has 17 heteroatoms. The number of carbonyl (C=O) groups excluding carboxylic acids is 6. The quantitative estimate of drug-likeness (QED) is 0.0825. The maximum Gasteiger partial charge on any atom is 0.322 e. The molecule has 6 atom stereocenters. The van der Waals surface area contributed by atoms with E-state index in [-0.39, 0.29) is 42.4 Å². The average Bonchev–Trinajstić information content (AvgIpc) is 3.80. The number of fused-ring (bicyclic) bond motifs is 1. The van der Waals surface area contributed by atoms with E-state index in [1.54, 1.807) is 34.6 Å². The summed E-state index contributed by atoms with van der Waals surface area (Å²) in [5, 5.41) is 32.9. The van der Waals surface area contributed by atoms with Crippen molar-refractivity contribution in [2.45, 2.75) is 117 Å². The van der Waals surface area contributed by atoms with Crippen LogP contribution in [0.5, 0.6) is 0 Å². The largest absolute Gasteiger partial charge is 0.480 e. The van der Waals surface area contributed by atoms with E-state index in [1.807, 2.05) is 5.32 Å². The fraction of sp³-hybridized carbons (Fsp3) is 0.750. The van der Waals surface area contributed by atoms with E-state index in [4.69, 9.17) is 5.11 Å². The summed E-state index contributed by atoms with van der Waals surface area (Å²) in [6.07, 6.45) is 4.97. The number of tetrazole rings is 1. The molecule has 272 valence electrons. The Balaban J connectivity index is 1.70. The van der Waals surface area contributed by atoms with Gasteiger partial charge in [0.15, 0.2) is 5.82 Å². The Kier molecular flexibility index (Phi) is 14.6. The van der Waals surface area contributed by atoms with Crippen LogP contribution in [0.2, 0.25) is 0 Å². The first-order chi connectivity index (χ1) is 23.2. The van der Waals surface area contributed by atoms with E-state index in [0.717, 1.165) is 12.8 Å². The number of nitrogens with one attached hydrogen (secondary N) is 5. The lowest BCUT2D eigenvalue weighted by Gasteiger charge is -2.34. The SMILES string of the molecule is CCCC(NC(=O)[C@@H]1[C@H]2CCC[C@H]2CN1C(=O)[C@@H](NC(=O)[C@@H](NC(=O)CCCCc1nn[nH]n1)C(C)C)C(C)C)C(=O)C(=O)NCC(=O)O. The van der Waals surface area contributed by atoms with Crippen molar-refractivity contribution >= 4 is 41.3 Å². The molecule has 2 aliphatic rings. The molecule has 2 heterocycles. The molecule has 2 fully saturated rings. The number of aliphatic carboxylic acids is 1. The molecule has 17 nitrogen and oxygen atoms in total. The van der Waals surface area contributed by atoms with Crippen LogP contribution in [-0.4, -0.2) is 109 Å². The summed E-state index contributed by atoms with van der Waals surface area (Å²) in [5.74, 6) is -5.39. The van der Waals surface area contributed by atoms with Gasteiger partial charge in [0, 0.05) is 19.4 Å². The molecule has 1 saturated carbocycles. The number of aromatic nitrogens is 4. The lowest BCUT2D eigenvalue weighted by Crippen LogP contribution is -2.60. The van der Waals surface area contributed by atoms with Crippen molar-refractivity contribution in [1.29, 1.82) is 0 Å². The number of ketones is 1. The van der Waals surface area contributed by atoms with Gasteiger partial charge in [-0.25, -0.2) is 0 Å². The zero-order valence-electron chi connectivity index (χ0n) is 29.0. The Bertz CT molecular complexity index is 1340. The summed E-state index contributed by atoms with van der Waals surface area (Å²) in [7, 11) is 0. The smallest absolute Gasteiger partial charge is 0.322 e. The van der Waals surface area contributed by atoms with Gasteiger partial charge in [-0.3, -0.25) is 33.6 Å². The number of aryl methyl sites for hydroxylation is 1. The number of unbranched alkanes of at least 4 members (excludes halogenated alkanes) is 1. The standard InChI is InChI=1S/C32H51N9O8/c1-6-10-21(28(45)31(48)33-15-24(43)44)34-30(47)27-20-12-9-11-19(20)16-41(27)32(49)26(18(4)5)36-29(46)25(17(2)3)35-23(42)14-8-7-13-22-37-39-40-38-22/h17-21,25-27H,6-16H2,1-5H3,(H,33,48)(H,34,47)(H,35,42)(H,36,46)(H,43,44)(H,37,38,39,40)/t19-,20-,21?,25-,26-,27-/m0/s1. The van der Waals surface area contributed by atoms with Crippen molar-refractivity contribution in [2.24, 2.45) is 23.7 Å². The van der Waals surface area contributed by atoms with Gasteiger partial charge in [-0.15, -0.1) is 10.2 Å². The first-order valence-electron chi connectivity index (χ1n) is 17.2. The van der Waals surface area contributed by atoms with Gasteiger partial charge < -0.3 is 31.3 Å². The first-order valence-corrected chi connectivity index (χ1v) is 17.2. The molecule has 1 aromatic rings. The second-order valence-corrected chi connectivity index (χ2v) is 13.6. The highest BCUT2D eigenvalue weighted by Gasteiger charge is 2.51. The molecule has 5 amide bonds. The van der Waals surface area contributed by atoms with Crippen LogP contribution in [0.25, 0.3) is 0 Å². The number of carboxylic acid groups (broad SMARTS) is 1. The summed E-state index contributed by atoms with van der Waals surface area (Å²) in [4.78, 5) is 92.0. The van der Waals surface area contributed by atoms with Gasteiger partial charge in [0.2, 0.25) is 29.4 Å². The Morgan fingerprint density at radius 2 is 1.67 bits per heavy atom. The average molecular weight is 690 g/mol. The maximum atomic E-state index is 14.2. The second kappa shape index (κ2) is 18.4. The van der Waals surface area contributed by atoms with Crippen molar-refractivity contribution in [3.8, 4) is 0 Å². The predicted octanol–water partition coefficient (Wildman–Crippen LogP) is -0.124. The highest BCUT2D eigenvalue weighted by atomic mass is 16.4. The third kappa shape index (κ3) is 10.8. The number of H-pyrrole nitrogens is 1. The van der Waals surface area contributed by atoms with Gasteiger partial charge in [-0.1, -0.05) is 52.7 Å². The lowest BCUT2D eigenvalue weighted by molar-refractivity contribution is -0.145. The van der Waals surface area contributed by atoms with Gasteiger partial charge in [0.05, 0.1) is 6.04 Å². The molecule has 1 unspecified atom stereocenters. The summed E-state index contributed by atoms with van der Waals surface area (Å²) in [6, 6.07) is -4.01. The number of hydrogen-bond acceptors (Lipinski definition) is 10. The number of hydrogen-bond donors (Lipinski definition) is 6. The number of Topliss-reactive ketones (excluding diaryl/α,β-unsaturated/α-hetero) is 1. The molecule has 1 aromatic heterocycles. The van der Waals surface area contributed by atoms with Crippen molar-refractivity contribution in [2.75, 3.05) is 13.1 Å². The maximum absolute atomic E-state index is 14.2. The molecule has 0 spiro atoms. The van der Waals surface area contributed by atoms with E-state index in [1.165, 1.54) is 4.90 Å². The van der Waals surface area contributed by atoms with Gasteiger partial charge in [-0.05, 0) is 55.8 Å². The number of nitrogens with zero attached hydrogens (tertiary/aromatic N) is 4. The van der Waals surface area contributed by atoms with Crippen LogP contribution < -0.4 is 21.3 Å². The van der Waals surface area contributed by atoms with Gasteiger partial charge >= 0.3 is 5.97 Å². The van der Waals surface area contributed by atoms with Crippen LogP contribution in [0, 0.1) is 23.7 Å². The number of carboxylic acids is 1. The van der Waals surface area contributed by atoms with Crippen LogP contribution in [0.1, 0.15) is 91.8 Å². The Hall–Kier alpha value is -4.44. The highest BCUT2D eigenvalue weighted by Crippen LogP contribution is 2.42. The number of aromatic amines is 1. The molecular formula is C32H51N9O8. The molecule has 3 rings (SSSR count). The minimum atomic E-state index is -1.31. The molecule has 0 aromatic carbocycles. The van der Waals surface area contributed by atoms with Crippen LogP contribution in [-0.2, 0) is 40.0 Å². The fourth-order valence-electron chi connectivity index (χ4n) is 6.66. The minimum absolute atomic E-state index is 0.0603. The molecule has 1 saturated heterocycles. The number of carbonyl (C=O) groups is 7. The van der Waals surface area contributed by atoms with E-state index in [9.17, 15) is 33.6 Å². The van der Waals surface area contributed by atoms with Gasteiger partial charge in [0.25, 0.3) is 5.91 Å². The van der Waals surface area contributed by atoms with Crippen LogP contribution in [0.4, 0.5) is 0 Å². The topological polar surface area (TPSA) is 246 Å². The van der Waals surface area contributed by atoms with Crippen molar-refractivity contribution in [3.05, 3.63) is 5.82 Å². The lowest BCUT2D eigenvalue weighted by atomic mass is 9.92. The third-order valence-electron chi connectivity index (χ3n) is 9.22. The zero-order chi connectivity index (χ0) is 36.2. The number of rotatable bonds is 19. The van der Waals surface area contributed by atoms with E-state index < -0.39 is 66.1 Å². The number of amides is 5. The Morgan fingerprint density at radius 1 is 0.959 bits per heavy atom. The minimum Gasteiger partial charge on any atom is -0.480 e. The molecule has 0 radical (unpaired) electrons. The zero-order valence-corrected chi connectivity index (χ0v) is 29.0. The monoisotopic (exact) mass is 689 g/mol. The molecule has 1 aliphatic heterocycles.